The van der Waals surface area contributed by atoms with Gasteiger partial charge in [-0.1, -0.05) is 18.2 Å². The normalized spacial score (nSPS) is 21.2. The van der Waals surface area contributed by atoms with E-state index in [4.69, 9.17) is 4.74 Å². The molecule has 1 aromatic rings. The number of benzene rings is 1. The van der Waals surface area contributed by atoms with Crippen LogP contribution in [0.2, 0.25) is 0 Å². The Bertz CT molecular complexity index is 516. The molecule has 4 nitrogen and oxygen atoms in total. The summed E-state index contributed by atoms with van der Waals surface area (Å²) >= 11 is 0. The largest absolute Gasteiger partial charge is 0.416 e. The van der Waals surface area contributed by atoms with Crippen molar-refractivity contribution in [1.82, 2.24) is 4.90 Å². The fourth-order valence-electron chi connectivity index (χ4n) is 2.34. The number of nitrogens with zero attached hydrogens (tertiary/aromatic N) is 1. The summed E-state index contributed by atoms with van der Waals surface area (Å²) in [6, 6.07) is 5.16. The lowest BCUT2D eigenvalue weighted by Gasteiger charge is -2.34. The number of rotatable bonds is 2. The summed E-state index contributed by atoms with van der Waals surface area (Å²) in [4.78, 5) is 13.1. The third-order valence-corrected chi connectivity index (χ3v) is 3.35. The van der Waals surface area contributed by atoms with Crippen LogP contribution in [0.5, 0.6) is 0 Å². The van der Waals surface area contributed by atoms with Crippen LogP contribution in [0.1, 0.15) is 24.2 Å². The SMILES string of the molecule is CC(O)C(=O)N1CCOC(c2ccccc2C(F)(F)F)C1. The van der Waals surface area contributed by atoms with E-state index in [2.05, 4.69) is 0 Å². The van der Waals surface area contributed by atoms with Gasteiger partial charge in [0.1, 0.15) is 12.2 Å². The van der Waals surface area contributed by atoms with Crippen molar-refractivity contribution in [3.63, 3.8) is 0 Å². The van der Waals surface area contributed by atoms with Crippen LogP contribution in [-0.2, 0) is 15.7 Å². The van der Waals surface area contributed by atoms with Crippen molar-refractivity contribution in [2.24, 2.45) is 0 Å². The highest BCUT2D eigenvalue weighted by atomic mass is 19.4. The third kappa shape index (κ3) is 3.54. The fourth-order valence-corrected chi connectivity index (χ4v) is 2.34. The molecule has 1 fully saturated rings. The van der Waals surface area contributed by atoms with Crippen molar-refractivity contribution in [3.05, 3.63) is 35.4 Å². The Labute approximate surface area is 120 Å². The molecule has 0 radical (unpaired) electrons. The van der Waals surface area contributed by atoms with Gasteiger partial charge in [-0.3, -0.25) is 4.79 Å². The number of hydrogen-bond acceptors (Lipinski definition) is 3. The molecule has 2 unspecified atom stereocenters. The molecule has 1 amide bonds. The van der Waals surface area contributed by atoms with E-state index in [0.717, 1.165) is 6.07 Å². The van der Waals surface area contributed by atoms with Crippen LogP contribution in [0.3, 0.4) is 0 Å². The second kappa shape index (κ2) is 6.03. The van der Waals surface area contributed by atoms with E-state index in [1.807, 2.05) is 0 Å². The lowest BCUT2D eigenvalue weighted by atomic mass is 10.0. The molecular weight excluding hydrogens is 287 g/mol. The van der Waals surface area contributed by atoms with Crippen LogP contribution >= 0.6 is 0 Å². The molecule has 2 atom stereocenters. The van der Waals surface area contributed by atoms with Gasteiger partial charge in [0.25, 0.3) is 5.91 Å². The fraction of sp³-hybridized carbons (Fsp3) is 0.500. The Morgan fingerprint density at radius 3 is 2.71 bits per heavy atom. The zero-order chi connectivity index (χ0) is 15.6. The summed E-state index contributed by atoms with van der Waals surface area (Å²) < 4.78 is 44.4. The van der Waals surface area contributed by atoms with Crippen molar-refractivity contribution in [3.8, 4) is 0 Å². The standard InChI is InChI=1S/C14H16F3NO3/c1-9(19)13(20)18-6-7-21-12(8-18)10-4-2-3-5-11(10)14(15,16)17/h2-5,9,12,19H,6-8H2,1H3. The summed E-state index contributed by atoms with van der Waals surface area (Å²) in [5, 5.41) is 9.30. The first-order chi connectivity index (χ1) is 9.80. The summed E-state index contributed by atoms with van der Waals surface area (Å²) in [5.74, 6) is -0.507. The first-order valence-electron chi connectivity index (χ1n) is 6.55. The minimum Gasteiger partial charge on any atom is -0.384 e. The number of morpholine rings is 1. The van der Waals surface area contributed by atoms with E-state index in [9.17, 15) is 23.1 Å². The zero-order valence-corrected chi connectivity index (χ0v) is 11.4. The van der Waals surface area contributed by atoms with Gasteiger partial charge in [0, 0.05) is 6.54 Å². The van der Waals surface area contributed by atoms with Gasteiger partial charge in [-0.05, 0) is 18.6 Å². The predicted molar refractivity (Wildman–Crippen MR) is 68.4 cm³/mol. The topological polar surface area (TPSA) is 49.8 Å². The summed E-state index contributed by atoms with van der Waals surface area (Å²) in [6.07, 6.45) is -6.50. The Kier molecular flexibility index (Phi) is 4.53. The molecule has 1 aliphatic rings. The third-order valence-electron chi connectivity index (χ3n) is 3.35. The molecular formula is C14H16F3NO3. The first kappa shape index (κ1) is 15.8. The van der Waals surface area contributed by atoms with E-state index in [1.165, 1.54) is 30.0 Å². The Morgan fingerprint density at radius 1 is 1.43 bits per heavy atom. The number of hydrogen-bond donors (Lipinski definition) is 1. The van der Waals surface area contributed by atoms with E-state index in [0.29, 0.717) is 0 Å². The zero-order valence-electron chi connectivity index (χ0n) is 11.4. The van der Waals surface area contributed by atoms with E-state index >= 15 is 0 Å². The van der Waals surface area contributed by atoms with Crippen LogP contribution in [-0.4, -0.2) is 41.7 Å². The Hall–Kier alpha value is -1.60. The molecule has 116 valence electrons. The number of ether oxygens (including phenoxy) is 1. The van der Waals surface area contributed by atoms with E-state index in [1.54, 1.807) is 0 Å². The van der Waals surface area contributed by atoms with Crippen LogP contribution in [0, 0.1) is 0 Å². The number of aliphatic hydroxyl groups is 1. The molecule has 0 aromatic heterocycles. The molecule has 7 heteroatoms. The maximum atomic E-state index is 13.0. The quantitative estimate of drug-likeness (QED) is 0.909. The minimum atomic E-state index is -4.48. The highest BCUT2D eigenvalue weighted by Gasteiger charge is 2.37. The number of amides is 1. The molecule has 1 heterocycles. The van der Waals surface area contributed by atoms with Gasteiger partial charge >= 0.3 is 6.18 Å². The van der Waals surface area contributed by atoms with Crippen LogP contribution in [0.4, 0.5) is 13.2 Å². The van der Waals surface area contributed by atoms with Gasteiger partial charge in [0.05, 0.1) is 18.7 Å². The molecule has 0 aliphatic carbocycles. The van der Waals surface area contributed by atoms with Crippen LogP contribution in [0.25, 0.3) is 0 Å². The first-order valence-corrected chi connectivity index (χ1v) is 6.55. The molecule has 0 saturated carbocycles. The lowest BCUT2D eigenvalue weighted by Crippen LogP contribution is -2.46. The second-order valence-electron chi connectivity index (χ2n) is 4.90. The van der Waals surface area contributed by atoms with Gasteiger partial charge in [-0.2, -0.15) is 13.2 Å². The van der Waals surface area contributed by atoms with Crippen molar-refractivity contribution >= 4 is 5.91 Å². The molecule has 2 rings (SSSR count). The summed E-state index contributed by atoms with van der Waals surface area (Å²) in [7, 11) is 0. The Balaban J connectivity index is 2.25. The number of carbonyl (C=O) groups excluding carboxylic acids is 1. The summed E-state index contributed by atoms with van der Waals surface area (Å²) in [5.41, 5.74) is -0.755. The lowest BCUT2D eigenvalue weighted by molar-refractivity contribution is -0.148. The molecule has 1 saturated heterocycles. The number of aliphatic hydroxyl groups excluding tert-OH is 1. The number of alkyl halides is 3. The highest BCUT2D eigenvalue weighted by molar-refractivity contribution is 5.80. The average molecular weight is 303 g/mol. The van der Waals surface area contributed by atoms with Gasteiger partial charge < -0.3 is 14.7 Å². The Morgan fingerprint density at radius 2 is 2.10 bits per heavy atom. The molecule has 1 aliphatic heterocycles. The van der Waals surface area contributed by atoms with Crippen molar-refractivity contribution < 1.29 is 27.8 Å². The highest BCUT2D eigenvalue weighted by Crippen LogP contribution is 2.36. The van der Waals surface area contributed by atoms with E-state index < -0.39 is 29.9 Å². The van der Waals surface area contributed by atoms with Crippen molar-refractivity contribution in [1.29, 1.82) is 0 Å². The monoisotopic (exact) mass is 303 g/mol. The van der Waals surface area contributed by atoms with Gasteiger partial charge in [-0.15, -0.1) is 0 Å². The van der Waals surface area contributed by atoms with E-state index in [-0.39, 0.29) is 25.3 Å². The van der Waals surface area contributed by atoms with Gasteiger partial charge in [-0.25, -0.2) is 0 Å². The maximum absolute atomic E-state index is 13.0. The molecule has 21 heavy (non-hydrogen) atoms. The minimum absolute atomic E-state index is 0.00315. The smallest absolute Gasteiger partial charge is 0.384 e. The molecule has 0 spiro atoms. The van der Waals surface area contributed by atoms with Gasteiger partial charge in [0.15, 0.2) is 0 Å². The van der Waals surface area contributed by atoms with Gasteiger partial charge in [0.2, 0.25) is 0 Å². The molecule has 0 bridgehead atoms. The van der Waals surface area contributed by atoms with Crippen LogP contribution in [0.15, 0.2) is 24.3 Å². The van der Waals surface area contributed by atoms with Crippen molar-refractivity contribution in [2.45, 2.75) is 25.3 Å². The average Bonchev–Trinajstić information content (AvgIpc) is 2.45. The van der Waals surface area contributed by atoms with Crippen molar-refractivity contribution in [2.75, 3.05) is 19.7 Å². The molecule has 1 aromatic carbocycles. The maximum Gasteiger partial charge on any atom is 0.416 e. The predicted octanol–water partition coefficient (Wildman–Crippen LogP) is 1.99. The number of halogens is 3. The number of carbonyl (C=O) groups is 1. The second-order valence-corrected chi connectivity index (χ2v) is 4.90. The van der Waals surface area contributed by atoms with Crippen LogP contribution < -0.4 is 0 Å². The molecule has 1 N–H and O–H groups in total. The summed E-state index contributed by atoms with van der Waals surface area (Å²) in [6.45, 7) is 1.72.